The van der Waals surface area contributed by atoms with E-state index in [2.05, 4.69) is 46.4 Å². The maximum absolute atomic E-state index is 6.16. The molecule has 2 aromatic rings. The second-order valence-corrected chi connectivity index (χ2v) is 7.22. The summed E-state index contributed by atoms with van der Waals surface area (Å²) in [5.41, 5.74) is 3.62. The molecule has 0 saturated carbocycles. The van der Waals surface area contributed by atoms with Crippen molar-refractivity contribution in [3.63, 3.8) is 0 Å². The van der Waals surface area contributed by atoms with E-state index in [4.69, 9.17) is 11.6 Å². The maximum Gasteiger partial charge on any atom is 0.0702 e. The summed E-state index contributed by atoms with van der Waals surface area (Å²) in [6, 6.07) is 8.67. The molecule has 18 heavy (non-hydrogen) atoms. The molecule has 0 amide bonds. The Morgan fingerprint density at radius 2 is 1.94 bits per heavy atom. The van der Waals surface area contributed by atoms with E-state index < -0.39 is 0 Å². The van der Waals surface area contributed by atoms with Crippen LogP contribution in [-0.2, 0) is 0 Å². The minimum absolute atomic E-state index is 0.220. The molecule has 1 aromatic carbocycles. The van der Waals surface area contributed by atoms with E-state index in [-0.39, 0.29) is 6.04 Å². The van der Waals surface area contributed by atoms with Gasteiger partial charge in [0.2, 0.25) is 0 Å². The first-order valence-corrected chi connectivity index (χ1v) is 7.71. The quantitative estimate of drug-likeness (QED) is 0.818. The fourth-order valence-corrected chi connectivity index (χ4v) is 3.82. The highest BCUT2D eigenvalue weighted by Gasteiger charge is 2.17. The van der Waals surface area contributed by atoms with Crippen molar-refractivity contribution in [2.24, 2.45) is 0 Å². The Balaban J connectivity index is 2.48. The van der Waals surface area contributed by atoms with Gasteiger partial charge < -0.3 is 5.32 Å². The first kappa shape index (κ1) is 14.1. The van der Waals surface area contributed by atoms with Gasteiger partial charge in [0.25, 0.3) is 0 Å². The van der Waals surface area contributed by atoms with E-state index >= 15 is 0 Å². The third-order valence-electron chi connectivity index (χ3n) is 3.03. The van der Waals surface area contributed by atoms with E-state index in [0.29, 0.717) is 0 Å². The van der Waals surface area contributed by atoms with Gasteiger partial charge in [0, 0.05) is 9.90 Å². The van der Waals surface area contributed by atoms with Crippen LogP contribution in [0.3, 0.4) is 0 Å². The van der Waals surface area contributed by atoms with Crippen molar-refractivity contribution in [3.05, 3.63) is 54.6 Å². The summed E-state index contributed by atoms with van der Waals surface area (Å²) in [7, 11) is 1.99. The van der Waals surface area contributed by atoms with Crippen LogP contribution in [0.5, 0.6) is 0 Å². The predicted octanol–water partition coefficient (Wildman–Crippen LogP) is 5.09. The van der Waals surface area contributed by atoms with Gasteiger partial charge in [0.15, 0.2) is 0 Å². The Kier molecular flexibility index (Phi) is 4.49. The second-order valence-electron chi connectivity index (χ2n) is 4.32. The van der Waals surface area contributed by atoms with Gasteiger partial charge in [-0.15, -0.1) is 11.3 Å². The van der Waals surface area contributed by atoms with E-state index in [1.165, 1.54) is 16.0 Å². The molecule has 0 saturated heterocycles. The Labute approximate surface area is 125 Å². The molecule has 1 aromatic heterocycles. The van der Waals surface area contributed by atoms with Gasteiger partial charge in [-0.2, -0.15) is 0 Å². The minimum Gasteiger partial charge on any atom is -0.309 e. The first-order chi connectivity index (χ1) is 8.52. The van der Waals surface area contributed by atoms with Crippen LogP contribution in [-0.4, -0.2) is 7.05 Å². The molecule has 4 heteroatoms. The zero-order chi connectivity index (χ0) is 13.3. The highest BCUT2D eigenvalue weighted by molar-refractivity contribution is 9.11. The van der Waals surface area contributed by atoms with E-state index in [9.17, 15) is 0 Å². The van der Waals surface area contributed by atoms with Crippen LogP contribution in [0, 0.1) is 13.8 Å². The van der Waals surface area contributed by atoms with Crippen LogP contribution in [0.2, 0.25) is 5.02 Å². The summed E-state index contributed by atoms with van der Waals surface area (Å²) >= 11 is 11.4. The number of thiophene rings is 1. The summed E-state index contributed by atoms with van der Waals surface area (Å²) in [4.78, 5) is 1.30. The van der Waals surface area contributed by atoms with Crippen molar-refractivity contribution in [1.82, 2.24) is 5.32 Å². The van der Waals surface area contributed by atoms with E-state index in [0.717, 1.165) is 14.4 Å². The van der Waals surface area contributed by atoms with Gasteiger partial charge in [-0.3, -0.25) is 0 Å². The largest absolute Gasteiger partial charge is 0.309 e. The molecule has 96 valence electrons. The molecule has 0 fully saturated rings. The van der Waals surface area contributed by atoms with Crippen molar-refractivity contribution < 1.29 is 0 Å². The van der Waals surface area contributed by atoms with Crippen LogP contribution < -0.4 is 5.32 Å². The number of benzene rings is 1. The van der Waals surface area contributed by atoms with Gasteiger partial charge in [-0.05, 0) is 71.7 Å². The minimum atomic E-state index is 0.220. The van der Waals surface area contributed by atoms with E-state index in [1.807, 2.05) is 20.0 Å². The molecule has 1 atom stereocenters. The van der Waals surface area contributed by atoms with Crippen LogP contribution in [0.4, 0.5) is 0 Å². The number of hydrogen-bond acceptors (Lipinski definition) is 2. The number of hydrogen-bond donors (Lipinski definition) is 1. The number of halogens is 2. The monoisotopic (exact) mass is 343 g/mol. The summed E-state index contributed by atoms with van der Waals surface area (Å²) < 4.78 is 1.15. The lowest BCUT2D eigenvalue weighted by Gasteiger charge is -2.19. The Morgan fingerprint density at radius 1 is 1.22 bits per heavy atom. The molecule has 0 radical (unpaired) electrons. The average molecular weight is 345 g/mol. The standard InChI is InChI=1S/C14H15BrClNS/c1-8-7-11(16)9(2)6-10(8)14(17-3)12-4-5-13(15)18-12/h4-7,14,17H,1-3H3. The highest BCUT2D eigenvalue weighted by Crippen LogP contribution is 2.34. The van der Waals surface area contributed by atoms with Gasteiger partial charge in [-0.1, -0.05) is 17.7 Å². The van der Waals surface area contributed by atoms with Crippen LogP contribution in [0.25, 0.3) is 0 Å². The number of aryl methyl sites for hydroxylation is 2. The fraction of sp³-hybridized carbons (Fsp3) is 0.286. The molecule has 0 aliphatic carbocycles. The zero-order valence-electron chi connectivity index (χ0n) is 10.6. The number of nitrogens with one attached hydrogen (secondary N) is 1. The Morgan fingerprint density at radius 3 is 2.50 bits per heavy atom. The Hall–Kier alpha value is -0.350. The number of rotatable bonds is 3. The van der Waals surface area contributed by atoms with Crippen molar-refractivity contribution in [1.29, 1.82) is 0 Å². The normalized spacial score (nSPS) is 12.7. The molecule has 0 aliphatic rings. The highest BCUT2D eigenvalue weighted by atomic mass is 79.9. The lowest BCUT2D eigenvalue weighted by Crippen LogP contribution is -2.17. The van der Waals surface area contributed by atoms with Crippen molar-refractivity contribution in [2.45, 2.75) is 19.9 Å². The SMILES string of the molecule is CNC(c1ccc(Br)s1)c1cc(C)c(Cl)cc1C. The zero-order valence-corrected chi connectivity index (χ0v) is 13.7. The first-order valence-electron chi connectivity index (χ1n) is 5.72. The molecule has 1 heterocycles. The van der Waals surface area contributed by atoms with Gasteiger partial charge >= 0.3 is 0 Å². The third kappa shape index (κ3) is 2.80. The summed E-state index contributed by atoms with van der Waals surface area (Å²) in [5, 5.41) is 4.21. The summed E-state index contributed by atoms with van der Waals surface area (Å²) in [6.07, 6.45) is 0. The van der Waals surface area contributed by atoms with Gasteiger partial charge in [-0.25, -0.2) is 0 Å². The third-order valence-corrected chi connectivity index (χ3v) is 5.12. The molecule has 0 bridgehead atoms. The lowest BCUT2D eigenvalue weighted by molar-refractivity contribution is 0.699. The smallest absolute Gasteiger partial charge is 0.0702 e. The average Bonchev–Trinajstić information content (AvgIpc) is 2.73. The summed E-state index contributed by atoms with van der Waals surface area (Å²) in [5.74, 6) is 0. The molecular formula is C14H15BrClNS. The molecule has 2 rings (SSSR count). The van der Waals surface area contributed by atoms with Crippen molar-refractivity contribution >= 4 is 38.9 Å². The fourth-order valence-electron chi connectivity index (χ4n) is 2.05. The van der Waals surface area contributed by atoms with Crippen molar-refractivity contribution in [3.8, 4) is 0 Å². The molecular weight excluding hydrogens is 330 g/mol. The Bertz CT molecular complexity index is 565. The van der Waals surface area contributed by atoms with Crippen LogP contribution >= 0.6 is 38.9 Å². The van der Waals surface area contributed by atoms with Crippen LogP contribution in [0.1, 0.15) is 27.6 Å². The van der Waals surface area contributed by atoms with Gasteiger partial charge in [0.1, 0.15) is 0 Å². The van der Waals surface area contributed by atoms with E-state index in [1.54, 1.807) is 11.3 Å². The van der Waals surface area contributed by atoms with Crippen molar-refractivity contribution in [2.75, 3.05) is 7.05 Å². The van der Waals surface area contributed by atoms with Gasteiger partial charge in [0.05, 0.1) is 9.83 Å². The van der Waals surface area contributed by atoms with Crippen LogP contribution in [0.15, 0.2) is 28.1 Å². The molecule has 0 spiro atoms. The second kappa shape index (κ2) is 5.74. The predicted molar refractivity (Wildman–Crippen MR) is 83.8 cm³/mol. The lowest BCUT2D eigenvalue weighted by atomic mass is 9.98. The molecule has 1 nitrogen and oxygen atoms in total. The topological polar surface area (TPSA) is 12.0 Å². The maximum atomic E-state index is 6.16. The summed E-state index contributed by atoms with van der Waals surface area (Å²) in [6.45, 7) is 4.15. The molecule has 0 aliphatic heterocycles. The molecule has 1 unspecified atom stereocenters. The molecule has 1 N–H and O–H groups in total.